The second-order valence-corrected chi connectivity index (χ2v) is 5.76. The number of ether oxygens (including phenoxy) is 2. The zero-order valence-electron chi connectivity index (χ0n) is 11.6. The molecule has 1 rings (SSSR count). The molecular formula is C13H27NO2. The molecule has 0 aromatic heterocycles. The van der Waals surface area contributed by atoms with Crippen molar-refractivity contribution in [3.05, 3.63) is 0 Å². The van der Waals surface area contributed by atoms with Gasteiger partial charge >= 0.3 is 0 Å². The van der Waals surface area contributed by atoms with Crippen LogP contribution >= 0.6 is 0 Å². The molecule has 0 spiro atoms. The first kappa shape index (κ1) is 13.9. The molecule has 16 heavy (non-hydrogen) atoms. The van der Waals surface area contributed by atoms with E-state index in [0.717, 1.165) is 19.4 Å². The summed E-state index contributed by atoms with van der Waals surface area (Å²) in [6, 6.07) is 1.05. The van der Waals surface area contributed by atoms with Crippen LogP contribution in [-0.4, -0.2) is 38.5 Å². The third-order valence-corrected chi connectivity index (χ3v) is 4.52. The molecule has 3 unspecified atom stereocenters. The Kier molecular flexibility index (Phi) is 4.38. The Bertz CT molecular complexity index is 230. The van der Waals surface area contributed by atoms with Crippen LogP contribution < -0.4 is 5.32 Å². The Labute approximate surface area is 99.9 Å². The molecule has 0 aromatic rings. The van der Waals surface area contributed by atoms with E-state index >= 15 is 0 Å². The molecule has 0 amide bonds. The van der Waals surface area contributed by atoms with Crippen LogP contribution in [0.2, 0.25) is 0 Å². The van der Waals surface area contributed by atoms with Gasteiger partial charge in [0.05, 0.1) is 5.60 Å². The maximum absolute atomic E-state index is 5.62. The first-order valence-corrected chi connectivity index (χ1v) is 6.17. The van der Waals surface area contributed by atoms with Crippen molar-refractivity contribution in [2.45, 2.75) is 58.2 Å². The summed E-state index contributed by atoms with van der Waals surface area (Å²) in [6.45, 7) is 9.80. The summed E-state index contributed by atoms with van der Waals surface area (Å²) < 4.78 is 10.7. The predicted molar refractivity (Wildman–Crippen MR) is 66.7 cm³/mol. The van der Waals surface area contributed by atoms with E-state index in [9.17, 15) is 0 Å². The van der Waals surface area contributed by atoms with Gasteiger partial charge in [0.25, 0.3) is 0 Å². The van der Waals surface area contributed by atoms with Crippen LogP contribution in [-0.2, 0) is 9.47 Å². The molecule has 0 aromatic carbocycles. The van der Waals surface area contributed by atoms with Crippen molar-refractivity contribution in [1.82, 2.24) is 5.32 Å². The van der Waals surface area contributed by atoms with E-state index in [1.54, 1.807) is 7.11 Å². The molecule has 0 heterocycles. The Balaban J connectivity index is 2.42. The number of hydrogen-bond donors (Lipinski definition) is 1. The second kappa shape index (κ2) is 5.03. The van der Waals surface area contributed by atoms with Gasteiger partial charge in [0.1, 0.15) is 0 Å². The highest BCUT2D eigenvalue weighted by molar-refractivity contribution is 5.11. The summed E-state index contributed by atoms with van der Waals surface area (Å²) in [5, 5.41) is 3.67. The standard InChI is InChI=1S/C13H27NO2/c1-10(7-8-15-5)14-11-9-13(4,16-6)12(11,2)3/h10-11,14H,7-9H2,1-6H3. The fraction of sp³-hybridized carbons (Fsp3) is 1.00. The smallest absolute Gasteiger partial charge is 0.0731 e. The van der Waals surface area contributed by atoms with E-state index in [1.807, 2.05) is 7.11 Å². The molecule has 1 aliphatic carbocycles. The van der Waals surface area contributed by atoms with Crippen molar-refractivity contribution in [2.75, 3.05) is 20.8 Å². The number of rotatable bonds is 6. The van der Waals surface area contributed by atoms with Crippen LogP contribution in [0.4, 0.5) is 0 Å². The Hall–Kier alpha value is -0.120. The second-order valence-electron chi connectivity index (χ2n) is 5.76. The minimum absolute atomic E-state index is 0.0195. The molecule has 0 saturated heterocycles. The summed E-state index contributed by atoms with van der Waals surface area (Å²) in [5.74, 6) is 0. The largest absolute Gasteiger partial charge is 0.385 e. The summed E-state index contributed by atoms with van der Waals surface area (Å²) in [6.07, 6.45) is 2.15. The van der Waals surface area contributed by atoms with Gasteiger partial charge in [0.2, 0.25) is 0 Å². The Morgan fingerprint density at radius 2 is 1.94 bits per heavy atom. The molecule has 0 aliphatic heterocycles. The van der Waals surface area contributed by atoms with Crippen molar-refractivity contribution in [2.24, 2.45) is 5.41 Å². The van der Waals surface area contributed by atoms with Gasteiger partial charge in [-0.2, -0.15) is 0 Å². The fourth-order valence-electron chi connectivity index (χ4n) is 2.48. The maximum atomic E-state index is 5.62. The zero-order chi connectivity index (χ0) is 12.4. The minimum atomic E-state index is 0.0195. The summed E-state index contributed by atoms with van der Waals surface area (Å²) in [4.78, 5) is 0. The fourth-order valence-corrected chi connectivity index (χ4v) is 2.48. The molecule has 0 radical (unpaired) electrons. The highest BCUT2D eigenvalue weighted by Crippen LogP contribution is 2.51. The van der Waals surface area contributed by atoms with Crippen LogP contribution in [0.5, 0.6) is 0 Å². The van der Waals surface area contributed by atoms with Gasteiger partial charge in [-0.15, -0.1) is 0 Å². The topological polar surface area (TPSA) is 30.5 Å². The van der Waals surface area contributed by atoms with Crippen LogP contribution in [0.1, 0.15) is 40.5 Å². The highest BCUT2D eigenvalue weighted by Gasteiger charge is 2.57. The van der Waals surface area contributed by atoms with Crippen molar-refractivity contribution in [1.29, 1.82) is 0 Å². The molecule has 3 nitrogen and oxygen atoms in total. The maximum Gasteiger partial charge on any atom is 0.0731 e. The molecular weight excluding hydrogens is 202 g/mol. The number of methoxy groups -OCH3 is 2. The van der Waals surface area contributed by atoms with Crippen LogP contribution in [0.25, 0.3) is 0 Å². The van der Waals surface area contributed by atoms with Gasteiger partial charge in [0.15, 0.2) is 0 Å². The number of nitrogens with one attached hydrogen (secondary N) is 1. The van der Waals surface area contributed by atoms with E-state index in [1.165, 1.54) is 0 Å². The highest BCUT2D eigenvalue weighted by atomic mass is 16.5. The molecule has 96 valence electrons. The van der Waals surface area contributed by atoms with Gasteiger partial charge in [-0.1, -0.05) is 13.8 Å². The molecule has 1 aliphatic rings. The Morgan fingerprint density at radius 1 is 1.31 bits per heavy atom. The number of hydrogen-bond acceptors (Lipinski definition) is 3. The zero-order valence-corrected chi connectivity index (χ0v) is 11.6. The van der Waals surface area contributed by atoms with Crippen LogP contribution in [0.3, 0.4) is 0 Å². The lowest BCUT2D eigenvalue weighted by Crippen LogP contribution is -2.68. The average molecular weight is 229 g/mol. The summed E-state index contributed by atoms with van der Waals surface area (Å²) in [5.41, 5.74) is 0.217. The third kappa shape index (κ3) is 2.41. The lowest BCUT2D eigenvalue weighted by atomic mass is 9.55. The summed E-state index contributed by atoms with van der Waals surface area (Å²) in [7, 11) is 3.56. The van der Waals surface area contributed by atoms with Gasteiger partial charge in [0, 0.05) is 38.3 Å². The van der Waals surface area contributed by atoms with Crippen molar-refractivity contribution >= 4 is 0 Å². The SMILES string of the molecule is COCCC(C)NC1CC(C)(OC)C1(C)C. The van der Waals surface area contributed by atoms with E-state index in [0.29, 0.717) is 12.1 Å². The van der Waals surface area contributed by atoms with Gasteiger partial charge < -0.3 is 14.8 Å². The third-order valence-electron chi connectivity index (χ3n) is 4.52. The molecule has 1 saturated carbocycles. The van der Waals surface area contributed by atoms with Gasteiger partial charge in [-0.3, -0.25) is 0 Å². The monoisotopic (exact) mass is 229 g/mol. The van der Waals surface area contributed by atoms with E-state index in [4.69, 9.17) is 9.47 Å². The van der Waals surface area contributed by atoms with Gasteiger partial charge in [-0.05, 0) is 26.7 Å². The minimum Gasteiger partial charge on any atom is -0.385 e. The molecule has 3 heteroatoms. The molecule has 0 bridgehead atoms. The normalized spacial score (nSPS) is 34.5. The molecule has 3 atom stereocenters. The quantitative estimate of drug-likeness (QED) is 0.757. The Morgan fingerprint density at radius 3 is 2.38 bits per heavy atom. The van der Waals surface area contributed by atoms with Crippen molar-refractivity contribution < 1.29 is 9.47 Å². The van der Waals surface area contributed by atoms with E-state index in [-0.39, 0.29) is 11.0 Å². The van der Waals surface area contributed by atoms with Crippen molar-refractivity contribution in [3.63, 3.8) is 0 Å². The predicted octanol–water partition coefficient (Wildman–Crippen LogP) is 2.20. The first-order valence-electron chi connectivity index (χ1n) is 6.17. The van der Waals surface area contributed by atoms with Crippen LogP contribution in [0.15, 0.2) is 0 Å². The average Bonchev–Trinajstić information content (AvgIpc) is 2.25. The van der Waals surface area contributed by atoms with Gasteiger partial charge in [-0.25, -0.2) is 0 Å². The molecule has 1 N–H and O–H groups in total. The van der Waals surface area contributed by atoms with E-state index < -0.39 is 0 Å². The lowest BCUT2D eigenvalue weighted by molar-refractivity contribution is -0.182. The van der Waals surface area contributed by atoms with Crippen LogP contribution in [0, 0.1) is 5.41 Å². The summed E-state index contributed by atoms with van der Waals surface area (Å²) >= 11 is 0. The first-order chi connectivity index (χ1) is 7.37. The van der Waals surface area contributed by atoms with Crippen molar-refractivity contribution in [3.8, 4) is 0 Å². The van der Waals surface area contributed by atoms with E-state index in [2.05, 4.69) is 33.0 Å². The molecule has 1 fully saturated rings. The lowest BCUT2D eigenvalue weighted by Gasteiger charge is -2.60.